The lowest BCUT2D eigenvalue weighted by Crippen LogP contribution is -2.54. The van der Waals surface area contributed by atoms with E-state index in [1.807, 2.05) is 0 Å². The molecule has 0 spiro atoms. The zero-order valence-corrected chi connectivity index (χ0v) is 12.5. The molecule has 0 bridgehead atoms. The first-order valence-electron chi connectivity index (χ1n) is 6.95. The normalized spacial score (nSPS) is 25.4. The number of carbonyl (C=O) groups excluding carboxylic acids is 2. The van der Waals surface area contributed by atoms with Crippen molar-refractivity contribution in [1.29, 1.82) is 0 Å². The number of nitrogens with zero attached hydrogens (tertiary/aromatic N) is 2. The second-order valence-electron chi connectivity index (χ2n) is 5.19. The molecule has 7 nitrogen and oxygen atoms in total. The van der Waals surface area contributed by atoms with Gasteiger partial charge in [0.05, 0.1) is 11.5 Å². The predicted octanol–water partition coefficient (Wildman–Crippen LogP) is -1.55. The Hall–Kier alpha value is -1.15. The van der Waals surface area contributed by atoms with E-state index in [9.17, 15) is 18.0 Å². The van der Waals surface area contributed by atoms with E-state index < -0.39 is 21.7 Å². The lowest BCUT2D eigenvalue weighted by atomic mass is 10.2. The SMILES string of the molecule is CCN(C(=O)C(=O)N1CCNCC1)C1CCS(=O)(=O)C1. The third-order valence-corrected chi connectivity index (χ3v) is 5.59. The minimum Gasteiger partial charge on any atom is -0.332 e. The van der Waals surface area contributed by atoms with Gasteiger partial charge in [0.15, 0.2) is 9.84 Å². The average Bonchev–Trinajstić information content (AvgIpc) is 2.79. The quantitative estimate of drug-likeness (QED) is 0.624. The summed E-state index contributed by atoms with van der Waals surface area (Å²) in [6.07, 6.45) is 0.427. The molecule has 2 saturated heterocycles. The Morgan fingerprint density at radius 2 is 1.95 bits per heavy atom. The van der Waals surface area contributed by atoms with E-state index in [1.165, 1.54) is 9.80 Å². The summed E-state index contributed by atoms with van der Waals surface area (Å²) < 4.78 is 23.0. The molecule has 0 radical (unpaired) electrons. The number of sulfone groups is 1. The molecule has 1 unspecified atom stereocenters. The summed E-state index contributed by atoms with van der Waals surface area (Å²) in [5, 5.41) is 3.12. The Labute approximate surface area is 119 Å². The summed E-state index contributed by atoms with van der Waals surface area (Å²) in [5.41, 5.74) is 0. The van der Waals surface area contributed by atoms with Crippen LogP contribution in [0.1, 0.15) is 13.3 Å². The molecule has 2 rings (SSSR count). The molecule has 2 fully saturated rings. The minimum atomic E-state index is -3.06. The van der Waals surface area contributed by atoms with Crippen molar-refractivity contribution in [1.82, 2.24) is 15.1 Å². The Morgan fingerprint density at radius 1 is 1.30 bits per heavy atom. The van der Waals surface area contributed by atoms with Gasteiger partial charge in [0.25, 0.3) is 0 Å². The van der Waals surface area contributed by atoms with Crippen LogP contribution < -0.4 is 5.32 Å². The molecule has 1 N–H and O–H groups in total. The van der Waals surface area contributed by atoms with Crippen LogP contribution in [0.15, 0.2) is 0 Å². The van der Waals surface area contributed by atoms with E-state index in [4.69, 9.17) is 0 Å². The fraction of sp³-hybridized carbons (Fsp3) is 0.833. The van der Waals surface area contributed by atoms with Gasteiger partial charge in [0.1, 0.15) is 0 Å². The van der Waals surface area contributed by atoms with E-state index in [-0.39, 0.29) is 17.5 Å². The van der Waals surface area contributed by atoms with Crippen molar-refractivity contribution in [3.05, 3.63) is 0 Å². The van der Waals surface area contributed by atoms with Gasteiger partial charge in [-0.2, -0.15) is 0 Å². The molecule has 0 saturated carbocycles. The fourth-order valence-electron chi connectivity index (χ4n) is 2.71. The first-order valence-corrected chi connectivity index (χ1v) is 8.78. The van der Waals surface area contributed by atoms with Crippen molar-refractivity contribution in [2.75, 3.05) is 44.2 Å². The Morgan fingerprint density at radius 3 is 2.45 bits per heavy atom. The molecule has 2 heterocycles. The number of piperazine rings is 1. The highest BCUT2D eigenvalue weighted by Gasteiger charge is 2.37. The smallest absolute Gasteiger partial charge is 0.312 e. The minimum absolute atomic E-state index is 0.0264. The number of hydrogen-bond acceptors (Lipinski definition) is 5. The highest BCUT2D eigenvalue weighted by atomic mass is 32.2. The molecule has 0 aliphatic carbocycles. The van der Waals surface area contributed by atoms with E-state index in [0.29, 0.717) is 39.1 Å². The van der Waals surface area contributed by atoms with Crippen LogP contribution in [0.3, 0.4) is 0 Å². The standard InChI is InChI=1S/C12H21N3O4S/c1-2-15(10-3-8-20(18,19)9-10)12(17)11(16)14-6-4-13-5-7-14/h10,13H,2-9H2,1H3. The summed E-state index contributed by atoms with van der Waals surface area (Å²) in [5.74, 6) is -1.01. The summed E-state index contributed by atoms with van der Waals surface area (Å²) in [4.78, 5) is 27.4. The van der Waals surface area contributed by atoms with Crippen molar-refractivity contribution in [2.24, 2.45) is 0 Å². The van der Waals surface area contributed by atoms with Crippen LogP contribution in [0.2, 0.25) is 0 Å². The summed E-state index contributed by atoms with van der Waals surface area (Å²) in [7, 11) is -3.06. The number of likely N-dealkylation sites (N-methyl/N-ethyl adjacent to an activating group) is 1. The van der Waals surface area contributed by atoms with E-state index in [1.54, 1.807) is 6.92 Å². The topological polar surface area (TPSA) is 86.8 Å². The highest BCUT2D eigenvalue weighted by Crippen LogP contribution is 2.18. The number of hydrogen-bond donors (Lipinski definition) is 1. The molecule has 0 aromatic carbocycles. The second kappa shape index (κ2) is 6.09. The predicted molar refractivity (Wildman–Crippen MR) is 73.9 cm³/mol. The Kier molecular flexibility index (Phi) is 4.64. The van der Waals surface area contributed by atoms with Crippen LogP contribution >= 0.6 is 0 Å². The van der Waals surface area contributed by atoms with Crippen LogP contribution in [0.5, 0.6) is 0 Å². The van der Waals surface area contributed by atoms with Gasteiger partial charge in [-0.05, 0) is 13.3 Å². The van der Waals surface area contributed by atoms with Crippen LogP contribution in [0, 0.1) is 0 Å². The molecule has 1 atom stereocenters. The van der Waals surface area contributed by atoms with Crippen molar-refractivity contribution in [3.63, 3.8) is 0 Å². The van der Waals surface area contributed by atoms with Crippen molar-refractivity contribution in [2.45, 2.75) is 19.4 Å². The molecule has 0 aromatic heterocycles. The Bertz CT molecular complexity index is 485. The lowest BCUT2D eigenvalue weighted by Gasteiger charge is -2.31. The van der Waals surface area contributed by atoms with Gasteiger partial charge < -0.3 is 15.1 Å². The maximum Gasteiger partial charge on any atom is 0.312 e. The molecule has 20 heavy (non-hydrogen) atoms. The zero-order valence-electron chi connectivity index (χ0n) is 11.7. The molecule has 2 aliphatic rings. The number of rotatable bonds is 2. The summed E-state index contributed by atoms with van der Waals surface area (Å²) in [6.45, 7) is 4.53. The third-order valence-electron chi connectivity index (χ3n) is 3.84. The summed E-state index contributed by atoms with van der Waals surface area (Å²) >= 11 is 0. The third kappa shape index (κ3) is 3.29. The molecule has 114 valence electrons. The first-order chi connectivity index (χ1) is 9.44. The van der Waals surface area contributed by atoms with E-state index >= 15 is 0 Å². The largest absolute Gasteiger partial charge is 0.332 e. The van der Waals surface area contributed by atoms with Gasteiger partial charge in [-0.25, -0.2) is 8.42 Å². The summed E-state index contributed by atoms with van der Waals surface area (Å²) in [6, 6.07) is -0.357. The molecular formula is C12H21N3O4S. The van der Waals surface area contributed by atoms with Crippen LogP contribution in [0.4, 0.5) is 0 Å². The van der Waals surface area contributed by atoms with Gasteiger partial charge in [0, 0.05) is 38.8 Å². The fourth-order valence-corrected chi connectivity index (χ4v) is 4.45. The van der Waals surface area contributed by atoms with Gasteiger partial charge in [-0.1, -0.05) is 0 Å². The number of amides is 2. The van der Waals surface area contributed by atoms with Gasteiger partial charge in [-0.15, -0.1) is 0 Å². The van der Waals surface area contributed by atoms with Crippen LogP contribution in [-0.4, -0.2) is 80.3 Å². The van der Waals surface area contributed by atoms with Crippen LogP contribution in [-0.2, 0) is 19.4 Å². The lowest BCUT2D eigenvalue weighted by molar-refractivity contribution is -0.153. The van der Waals surface area contributed by atoms with Crippen LogP contribution in [0.25, 0.3) is 0 Å². The van der Waals surface area contributed by atoms with Crippen molar-refractivity contribution in [3.8, 4) is 0 Å². The highest BCUT2D eigenvalue weighted by molar-refractivity contribution is 7.91. The Balaban J connectivity index is 2.03. The average molecular weight is 303 g/mol. The van der Waals surface area contributed by atoms with Gasteiger partial charge >= 0.3 is 11.8 Å². The van der Waals surface area contributed by atoms with Gasteiger partial charge in [0.2, 0.25) is 0 Å². The number of nitrogens with one attached hydrogen (secondary N) is 1. The van der Waals surface area contributed by atoms with E-state index in [2.05, 4.69) is 5.32 Å². The molecular weight excluding hydrogens is 282 g/mol. The van der Waals surface area contributed by atoms with E-state index in [0.717, 1.165) is 0 Å². The molecule has 0 aromatic rings. The first kappa shape index (κ1) is 15.2. The van der Waals surface area contributed by atoms with Gasteiger partial charge in [-0.3, -0.25) is 9.59 Å². The second-order valence-corrected chi connectivity index (χ2v) is 7.42. The monoisotopic (exact) mass is 303 g/mol. The molecule has 2 aliphatic heterocycles. The maximum atomic E-state index is 12.3. The number of carbonyl (C=O) groups is 2. The molecule has 8 heteroatoms. The maximum absolute atomic E-state index is 12.3. The van der Waals surface area contributed by atoms with Crippen molar-refractivity contribution >= 4 is 21.7 Å². The molecule has 2 amide bonds. The van der Waals surface area contributed by atoms with Crippen molar-refractivity contribution < 1.29 is 18.0 Å². The zero-order chi connectivity index (χ0) is 14.8.